The lowest BCUT2D eigenvalue weighted by molar-refractivity contribution is -0.138. The standard InChI is InChI=1S/C8H14O3/c1-5(4-8(10)11)6(2)7(3)9/h5-6H,4H2,1-3H3,(H,10,11). The number of carboxylic acid groups (broad SMARTS) is 1. The number of aliphatic carboxylic acids is 1. The summed E-state index contributed by atoms with van der Waals surface area (Å²) in [6, 6.07) is 0. The van der Waals surface area contributed by atoms with Crippen molar-refractivity contribution in [2.75, 3.05) is 0 Å². The molecule has 0 aliphatic heterocycles. The monoisotopic (exact) mass is 158 g/mol. The summed E-state index contributed by atoms with van der Waals surface area (Å²) >= 11 is 0. The molecule has 0 aromatic rings. The third-order valence-corrected chi connectivity index (χ3v) is 1.99. The number of Topliss-reactive ketones (excluding diaryl/α,β-unsaturated/α-hetero) is 1. The van der Waals surface area contributed by atoms with E-state index in [2.05, 4.69) is 0 Å². The first kappa shape index (κ1) is 10.1. The molecule has 0 rings (SSSR count). The van der Waals surface area contributed by atoms with Crippen molar-refractivity contribution < 1.29 is 14.7 Å². The van der Waals surface area contributed by atoms with Crippen LogP contribution in [0, 0.1) is 11.8 Å². The lowest BCUT2D eigenvalue weighted by atomic mass is 9.90. The minimum atomic E-state index is -0.842. The Balaban J connectivity index is 3.92. The molecule has 64 valence electrons. The van der Waals surface area contributed by atoms with E-state index in [0.717, 1.165) is 0 Å². The maximum atomic E-state index is 10.8. The zero-order valence-corrected chi connectivity index (χ0v) is 7.13. The van der Waals surface area contributed by atoms with Gasteiger partial charge in [0, 0.05) is 12.3 Å². The van der Waals surface area contributed by atoms with Gasteiger partial charge in [0.15, 0.2) is 0 Å². The Bertz CT molecular complexity index is 163. The molecule has 0 fully saturated rings. The Hall–Kier alpha value is -0.860. The van der Waals surface area contributed by atoms with Crippen LogP contribution in [-0.2, 0) is 9.59 Å². The SMILES string of the molecule is CC(=O)C(C)C(C)CC(=O)O. The second-order valence-corrected chi connectivity index (χ2v) is 2.97. The van der Waals surface area contributed by atoms with Gasteiger partial charge >= 0.3 is 5.97 Å². The number of carbonyl (C=O) groups excluding carboxylic acids is 1. The Kier molecular flexibility index (Phi) is 3.79. The van der Waals surface area contributed by atoms with E-state index in [4.69, 9.17) is 5.11 Å². The van der Waals surface area contributed by atoms with Gasteiger partial charge in [0.25, 0.3) is 0 Å². The van der Waals surface area contributed by atoms with Gasteiger partial charge in [-0.05, 0) is 12.8 Å². The van der Waals surface area contributed by atoms with E-state index in [1.54, 1.807) is 13.8 Å². The number of carboxylic acids is 1. The second-order valence-electron chi connectivity index (χ2n) is 2.97. The molecule has 0 aromatic carbocycles. The predicted molar refractivity (Wildman–Crippen MR) is 41.3 cm³/mol. The van der Waals surface area contributed by atoms with Crippen LogP contribution in [0.15, 0.2) is 0 Å². The van der Waals surface area contributed by atoms with Crippen molar-refractivity contribution in [1.82, 2.24) is 0 Å². The molecule has 0 saturated carbocycles. The van der Waals surface area contributed by atoms with Crippen molar-refractivity contribution in [2.24, 2.45) is 11.8 Å². The molecule has 3 nitrogen and oxygen atoms in total. The molecular weight excluding hydrogens is 144 g/mol. The molecule has 2 unspecified atom stereocenters. The van der Waals surface area contributed by atoms with Crippen LogP contribution in [0.1, 0.15) is 27.2 Å². The Morgan fingerprint density at radius 1 is 1.36 bits per heavy atom. The topological polar surface area (TPSA) is 54.4 Å². The average molecular weight is 158 g/mol. The van der Waals surface area contributed by atoms with Crippen LogP contribution in [0.4, 0.5) is 0 Å². The molecule has 0 radical (unpaired) electrons. The highest BCUT2D eigenvalue weighted by Crippen LogP contribution is 2.15. The molecule has 1 N–H and O–H groups in total. The number of hydrogen-bond donors (Lipinski definition) is 1. The first-order valence-corrected chi connectivity index (χ1v) is 3.67. The fourth-order valence-corrected chi connectivity index (χ4v) is 0.853. The average Bonchev–Trinajstić information content (AvgIpc) is 1.84. The van der Waals surface area contributed by atoms with Crippen LogP contribution < -0.4 is 0 Å². The quantitative estimate of drug-likeness (QED) is 0.671. The summed E-state index contributed by atoms with van der Waals surface area (Å²) in [6.07, 6.45) is 0.0702. The van der Waals surface area contributed by atoms with Crippen molar-refractivity contribution in [3.05, 3.63) is 0 Å². The van der Waals surface area contributed by atoms with Gasteiger partial charge in [-0.1, -0.05) is 13.8 Å². The van der Waals surface area contributed by atoms with Crippen LogP contribution >= 0.6 is 0 Å². The summed E-state index contributed by atoms with van der Waals surface area (Å²) in [6.45, 7) is 5.03. The van der Waals surface area contributed by atoms with E-state index in [1.807, 2.05) is 0 Å². The van der Waals surface area contributed by atoms with Crippen molar-refractivity contribution >= 4 is 11.8 Å². The largest absolute Gasteiger partial charge is 0.481 e. The van der Waals surface area contributed by atoms with Crippen molar-refractivity contribution in [3.63, 3.8) is 0 Å². The lowest BCUT2D eigenvalue weighted by Gasteiger charge is -2.13. The van der Waals surface area contributed by atoms with Crippen LogP contribution in [0.3, 0.4) is 0 Å². The molecule has 0 aliphatic carbocycles. The van der Waals surface area contributed by atoms with Crippen molar-refractivity contribution in [1.29, 1.82) is 0 Å². The highest BCUT2D eigenvalue weighted by atomic mass is 16.4. The van der Waals surface area contributed by atoms with Crippen LogP contribution in [0.25, 0.3) is 0 Å². The van der Waals surface area contributed by atoms with Crippen molar-refractivity contribution in [3.8, 4) is 0 Å². The fraction of sp³-hybridized carbons (Fsp3) is 0.750. The third-order valence-electron chi connectivity index (χ3n) is 1.99. The zero-order chi connectivity index (χ0) is 9.02. The molecule has 0 aromatic heterocycles. The van der Waals surface area contributed by atoms with Crippen molar-refractivity contribution in [2.45, 2.75) is 27.2 Å². The van der Waals surface area contributed by atoms with Gasteiger partial charge in [-0.15, -0.1) is 0 Å². The van der Waals surface area contributed by atoms with E-state index < -0.39 is 5.97 Å². The minimum absolute atomic E-state index is 0.0544. The molecule has 3 heteroatoms. The Morgan fingerprint density at radius 3 is 2.09 bits per heavy atom. The maximum absolute atomic E-state index is 10.8. The molecule has 11 heavy (non-hydrogen) atoms. The summed E-state index contributed by atoms with van der Waals surface area (Å²) < 4.78 is 0. The smallest absolute Gasteiger partial charge is 0.303 e. The molecule has 0 heterocycles. The summed E-state index contributed by atoms with van der Waals surface area (Å²) in [4.78, 5) is 21.0. The number of ketones is 1. The summed E-state index contributed by atoms with van der Waals surface area (Å²) in [5.41, 5.74) is 0. The summed E-state index contributed by atoms with van der Waals surface area (Å²) in [5.74, 6) is -1.000. The molecule has 0 saturated heterocycles. The van der Waals surface area contributed by atoms with Gasteiger partial charge in [-0.25, -0.2) is 0 Å². The summed E-state index contributed by atoms with van der Waals surface area (Å²) in [5, 5.41) is 8.40. The molecule has 0 aliphatic rings. The molecular formula is C8H14O3. The van der Waals surface area contributed by atoms with Gasteiger partial charge in [-0.3, -0.25) is 9.59 Å². The highest BCUT2D eigenvalue weighted by molar-refractivity contribution is 5.79. The van der Waals surface area contributed by atoms with Crippen LogP contribution in [0.5, 0.6) is 0 Å². The number of hydrogen-bond acceptors (Lipinski definition) is 2. The van der Waals surface area contributed by atoms with Gasteiger partial charge in [0.1, 0.15) is 5.78 Å². The Morgan fingerprint density at radius 2 is 1.82 bits per heavy atom. The highest BCUT2D eigenvalue weighted by Gasteiger charge is 2.18. The first-order valence-electron chi connectivity index (χ1n) is 3.67. The number of carbonyl (C=O) groups is 2. The van der Waals surface area contributed by atoms with E-state index in [-0.39, 0.29) is 24.0 Å². The number of rotatable bonds is 4. The maximum Gasteiger partial charge on any atom is 0.303 e. The normalized spacial score (nSPS) is 15.5. The van der Waals surface area contributed by atoms with E-state index in [1.165, 1.54) is 6.92 Å². The van der Waals surface area contributed by atoms with Crippen LogP contribution in [-0.4, -0.2) is 16.9 Å². The first-order chi connectivity index (χ1) is 4.95. The molecule has 2 atom stereocenters. The lowest BCUT2D eigenvalue weighted by Crippen LogP contribution is -2.18. The van der Waals surface area contributed by atoms with E-state index >= 15 is 0 Å². The zero-order valence-electron chi connectivity index (χ0n) is 7.13. The van der Waals surface area contributed by atoms with Gasteiger partial charge < -0.3 is 5.11 Å². The third kappa shape index (κ3) is 3.75. The summed E-state index contributed by atoms with van der Waals surface area (Å²) in [7, 11) is 0. The second kappa shape index (κ2) is 4.11. The van der Waals surface area contributed by atoms with E-state index in [9.17, 15) is 9.59 Å². The molecule has 0 spiro atoms. The van der Waals surface area contributed by atoms with Gasteiger partial charge in [-0.2, -0.15) is 0 Å². The molecule has 0 bridgehead atoms. The fourth-order valence-electron chi connectivity index (χ4n) is 0.853. The van der Waals surface area contributed by atoms with Gasteiger partial charge in [0.05, 0.1) is 0 Å². The van der Waals surface area contributed by atoms with E-state index in [0.29, 0.717) is 0 Å². The van der Waals surface area contributed by atoms with Crippen LogP contribution in [0.2, 0.25) is 0 Å². The molecule has 0 amide bonds. The van der Waals surface area contributed by atoms with Gasteiger partial charge in [0.2, 0.25) is 0 Å². The Labute approximate surface area is 66.4 Å². The predicted octanol–water partition coefficient (Wildman–Crippen LogP) is 1.32. The minimum Gasteiger partial charge on any atom is -0.481 e.